The summed E-state index contributed by atoms with van der Waals surface area (Å²) >= 11 is 0. The Morgan fingerprint density at radius 2 is 1.88 bits per heavy atom. The molecule has 94 valence electrons. The van der Waals surface area contributed by atoms with Crippen LogP contribution < -0.4 is 5.73 Å². The maximum absolute atomic E-state index is 12.5. The van der Waals surface area contributed by atoms with E-state index in [1.165, 1.54) is 0 Å². The van der Waals surface area contributed by atoms with Crippen LogP contribution in [-0.4, -0.2) is 13.2 Å². The summed E-state index contributed by atoms with van der Waals surface area (Å²) in [6.45, 7) is 0. The molecule has 1 aromatic rings. The van der Waals surface area contributed by atoms with Crippen molar-refractivity contribution in [1.82, 2.24) is 0 Å². The van der Waals surface area contributed by atoms with Crippen molar-refractivity contribution in [3.8, 4) is 0 Å². The van der Waals surface area contributed by atoms with Crippen LogP contribution in [-0.2, 0) is 9.84 Å². The molecule has 5 heteroatoms. The van der Waals surface area contributed by atoms with Gasteiger partial charge in [-0.25, -0.2) is 8.42 Å². The lowest BCUT2D eigenvalue weighted by Crippen LogP contribution is -2.50. The molecule has 17 heavy (non-hydrogen) atoms. The highest BCUT2D eigenvalue weighted by molar-refractivity contribution is 7.93. The molecule has 0 amide bonds. The molecular formula is C12H16ClNO2S. The van der Waals surface area contributed by atoms with Crippen LogP contribution in [0.1, 0.15) is 37.3 Å². The van der Waals surface area contributed by atoms with E-state index in [9.17, 15) is 8.42 Å². The van der Waals surface area contributed by atoms with Gasteiger partial charge in [-0.3, -0.25) is 0 Å². The summed E-state index contributed by atoms with van der Waals surface area (Å²) in [5.74, 6) is 0. The van der Waals surface area contributed by atoms with Crippen molar-refractivity contribution in [2.75, 3.05) is 0 Å². The molecule has 0 radical (unpaired) electrons. The van der Waals surface area contributed by atoms with Gasteiger partial charge in [-0.15, -0.1) is 12.4 Å². The SMILES string of the molecule is Cl.NC1CC2(CCC2)S(=O)(=O)c2ccccc21. The lowest BCUT2D eigenvalue weighted by molar-refractivity contribution is 0.290. The fourth-order valence-electron chi connectivity index (χ4n) is 2.93. The first-order valence-corrected chi connectivity index (χ1v) is 7.14. The second kappa shape index (κ2) is 3.97. The molecule has 3 nitrogen and oxygen atoms in total. The van der Waals surface area contributed by atoms with Crippen molar-refractivity contribution in [3.05, 3.63) is 29.8 Å². The van der Waals surface area contributed by atoms with E-state index in [0.717, 1.165) is 24.8 Å². The van der Waals surface area contributed by atoms with Gasteiger partial charge in [0.25, 0.3) is 0 Å². The molecule has 1 aromatic carbocycles. The Morgan fingerprint density at radius 3 is 2.47 bits per heavy atom. The smallest absolute Gasteiger partial charge is 0.184 e. The standard InChI is InChI=1S/C12H15NO2S.ClH/c13-10-8-12(6-3-7-12)16(14,15)11-5-2-1-4-9(10)11;/h1-2,4-5,10H,3,6-8,13H2;1H. The number of hydrogen-bond donors (Lipinski definition) is 1. The fraction of sp³-hybridized carbons (Fsp3) is 0.500. The summed E-state index contributed by atoms with van der Waals surface area (Å²) in [5.41, 5.74) is 6.88. The highest BCUT2D eigenvalue weighted by Crippen LogP contribution is 2.52. The third kappa shape index (κ3) is 1.54. The van der Waals surface area contributed by atoms with E-state index in [1.807, 2.05) is 12.1 Å². The zero-order valence-electron chi connectivity index (χ0n) is 9.43. The largest absolute Gasteiger partial charge is 0.324 e. The zero-order valence-corrected chi connectivity index (χ0v) is 11.1. The molecular weight excluding hydrogens is 258 g/mol. The van der Waals surface area contributed by atoms with E-state index in [2.05, 4.69) is 0 Å². The lowest BCUT2D eigenvalue weighted by Gasteiger charge is -2.46. The van der Waals surface area contributed by atoms with Gasteiger partial charge in [0.2, 0.25) is 0 Å². The molecule has 1 atom stereocenters. The second-order valence-corrected chi connectivity index (χ2v) is 7.20. The number of rotatable bonds is 0. The van der Waals surface area contributed by atoms with Gasteiger partial charge >= 0.3 is 0 Å². The third-order valence-electron chi connectivity index (χ3n) is 4.03. The van der Waals surface area contributed by atoms with Gasteiger partial charge < -0.3 is 5.73 Å². The Bertz CT molecular complexity index is 537. The van der Waals surface area contributed by atoms with E-state index in [-0.39, 0.29) is 18.4 Å². The average Bonchev–Trinajstić information content (AvgIpc) is 2.21. The normalized spacial score (nSPS) is 27.7. The summed E-state index contributed by atoms with van der Waals surface area (Å²) in [5, 5.41) is 0. The quantitative estimate of drug-likeness (QED) is 0.788. The number of benzene rings is 1. The van der Waals surface area contributed by atoms with Crippen LogP contribution >= 0.6 is 12.4 Å². The monoisotopic (exact) mass is 273 g/mol. The molecule has 1 unspecified atom stereocenters. The van der Waals surface area contributed by atoms with Gasteiger partial charge in [0.15, 0.2) is 9.84 Å². The summed E-state index contributed by atoms with van der Waals surface area (Å²) in [7, 11) is -3.16. The zero-order chi connectivity index (χ0) is 11.4. The molecule has 1 spiro atoms. The lowest BCUT2D eigenvalue weighted by atomic mass is 9.78. The number of halogens is 1. The number of sulfone groups is 1. The van der Waals surface area contributed by atoms with Gasteiger partial charge in [0, 0.05) is 6.04 Å². The van der Waals surface area contributed by atoms with Crippen LogP contribution in [0.5, 0.6) is 0 Å². The molecule has 1 fully saturated rings. The number of hydrogen-bond acceptors (Lipinski definition) is 3. The van der Waals surface area contributed by atoms with E-state index < -0.39 is 14.6 Å². The Kier molecular flexibility index (Phi) is 3.00. The van der Waals surface area contributed by atoms with Crippen LogP contribution in [0, 0.1) is 0 Å². The molecule has 2 N–H and O–H groups in total. The minimum absolute atomic E-state index is 0. The molecule has 1 saturated carbocycles. The topological polar surface area (TPSA) is 60.2 Å². The minimum atomic E-state index is -3.16. The van der Waals surface area contributed by atoms with Crippen molar-refractivity contribution in [1.29, 1.82) is 0 Å². The molecule has 2 aliphatic rings. The number of nitrogens with two attached hydrogens (primary N) is 1. The van der Waals surface area contributed by atoms with Gasteiger partial charge in [-0.05, 0) is 30.9 Å². The van der Waals surface area contributed by atoms with Gasteiger partial charge in [0.05, 0.1) is 9.64 Å². The molecule has 0 bridgehead atoms. The fourth-order valence-corrected chi connectivity index (χ4v) is 5.41. The van der Waals surface area contributed by atoms with Gasteiger partial charge in [-0.2, -0.15) is 0 Å². The van der Waals surface area contributed by atoms with Gasteiger partial charge in [-0.1, -0.05) is 24.6 Å². The van der Waals surface area contributed by atoms with Crippen molar-refractivity contribution >= 4 is 22.2 Å². The van der Waals surface area contributed by atoms with Crippen LogP contribution in [0.4, 0.5) is 0 Å². The minimum Gasteiger partial charge on any atom is -0.324 e. The van der Waals surface area contributed by atoms with E-state index >= 15 is 0 Å². The average molecular weight is 274 g/mol. The summed E-state index contributed by atoms with van der Waals surface area (Å²) in [6, 6.07) is 7.04. The molecule has 0 saturated heterocycles. The van der Waals surface area contributed by atoms with Crippen LogP contribution in [0.15, 0.2) is 29.2 Å². The van der Waals surface area contributed by atoms with E-state index in [0.29, 0.717) is 11.3 Å². The van der Waals surface area contributed by atoms with Crippen molar-refractivity contribution in [2.24, 2.45) is 5.73 Å². The Hall–Kier alpha value is -0.580. The molecule has 3 rings (SSSR count). The number of fused-ring (bicyclic) bond motifs is 1. The first kappa shape index (κ1) is 12.9. The second-order valence-electron chi connectivity index (χ2n) is 4.89. The summed E-state index contributed by atoms with van der Waals surface area (Å²) < 4.78 is 24.5. The van der Waals surface area contributed by atoms with Gasteiger partial charge in [0.1, 0.15) is 0 Å². The van der Waals surface area contributed by atoms with Crippen molar-refractivity contribution < 1.29 is 8.42 Å². The molecule has 0 aromatic heterocycles. The maximum Gasteiger partial charge on any atom is 0.184 e. The molecule has 1 aliphatic heterocycles. The first-order valence-electron chi connectivity index (χ1n) is 5.66. The predicted octanol–water partition coefficient (Wildman–Crippen LogP) is 2.21. The van der Waals surface area contributed by atoms with Crippen LogP contribution in [0.3, 0.4) is 0 Å². The maximum atomic E-state index is 12.5. The van der Waals surface area contributed by atoms with Crippen LogP contribution in [0.25, 0.3) is 0 Å². The van der Waals surface area contributed by atoms with Crippen molar-refractivity contribution in [3.63, 3.8) is 0 Å². The predicted molar refractivity (Wildman–Crippen MR) is 69.0 cm³/mol. The Morgan fingerprint density at radius 1 is 1.24 bits per heavy atom. The van der Waals surface area contributed by atoms with Crippen molar-refractivity contribution in [2.45, 2.75) is 41.4 Å². The highest BCUT2D eigenvalue weighted by Gasteiger charge is 2.53. The highest BCUT2D eigenvalue weighted by atomic mass is 35.5. The molecule has 1 aliphatic carbocycles. The van der Waals surface area contributed by atoms with Crippen LogP contribution in [0.2, 0.25) is 0 Å². The first-order chi connectivity index (χ1) is 7.57. The van der Waals surface area contributed by atoms with E-state index in [4.69, 9.17) is 5.73 Å². The summed E-state index contributed by atoms with van der Waals surface area (Å²) in [6.07, 6.45) is 3.15. The Labute approximate surface area is 108 Å². The molecule has 1 heterocycles. The Balaban J connectivity index is 0.00000108. The summed E-state index contributed by atoms with van der Waals surface area (Å²) in [4.78, 5) is 0.466. The third-order valence-corrected chi connectivity index (χ3v) is 6.70. The van der Waals surface area contributed by atoms with E-state index in [1.54, 1.807) is 12.1 Å².